The van der Waals surface area contributed by atoms with Gasteiger partial charge in [0, 0.05) is 19.3 Å². The number of aryl methyl sites for hydroxylation is 1. The smallest absolute Gasteiger partial charge is 0.271 e. The van der Waals surface area contributed by atoms with Crippen LogP contribution >= 0.6 is 0 Å². The molecule has 3 rings (SSSR count). The van der Waals surface area contributed by atoms with Crippen LogP contribution < -0.4 is 5.73 Å². The minimum absolute atomic E-state index is 0.0121. The molecule has 0 unspecified atom stereocenters. The Labute approximate surface area is 111 Å². The highest BCUT2D eigenvalue weighted by Crippen LogP contribution is 2.30. The minimum Gasteiger partial charge on any atom is -0.467 e. The monoisotopic (exact) mass is 259 g/mol. The van der Waals surface area contributed by atoms with Gasteiger partial charge in [-0.25, -0.2) is 0 Å². The van der Waals surface area contributed by atoms with Crippen molar-refractivity contribution in [3.63, 3.8) is 0 Å². The van der Waals surface area contributed by atoms with Gasteiger partial charge in [0.2, 0.25) is 0 Å². The molecule has 0 saturated heterocycles. The van der Waals surface area contributed by atoms with E-state index in [1.165, 1.54) is 0 Å². The maximum absolute atomic E-state index is 12.6. The maximum Gasteiger partial charge on any atom is 0.271 e. The third-order valence-corrected chi connectivity index (χ3v) is 3.40. The van der Waals surface area contributed by atoms with Crippen molar-refractivity contribution in [2.24, 2.45) is 7.05 Å². The molecule has 1 saturated carbocycles. The van der Waals surface area contributed by atoms with Crippen molar-refractivity contribution >= 4 is 11.6 Å². The van der Waals surface area contributed by atoms with Crippen molar-refractivity contribution in [3.05, 3.63) is 42.1 Å². The van der Waals surface area contributed by atoms with Crippen molar-refractivity contribution in [1.29, 1.82) is 0 Å². The zero-order valence-corrected chi connectivity index (χ0v) is 10.9. The van der Waals surface area contributed by atoms with E-state index in [9.17, 15) is 4.79 Å². The van der Waals surface area contributed by atoms with Crippen LogP contribution in [0.2, 0.25) is 0 Å². The number of nitrogen functional groups attached to an aromatic ring is 1. The lowest BCUT2D eigenvalue weighted by molar-refractivity contribution is 0.0708. The average molecular weight is 259 g/mol. The molecule has 2 heterocycles. The Morgan fingerprint density at radius 2 is 2.37 bits per heavy atom. The number of amides is 1. The van der Waals surface area contributed by atoms with E-state index in [0.29, 0.717) is 24.0 Å². The van der Waals surface area contributed by atoms with Crippen LogP contribution in [0, 0.1) is 0 Å². The lowest BCUT2D eigenvalue weighted by Crippen LogP contribution is -2.33. The van der Waals surface area contributed by atoms with Crippen molar-refractivity contribution < 1.29 is 9.21 Å². The summed E-state index contributed by atoms with van der Waals surface area (Å²) in [5, 5.41) is 0. The summed E-state index contributed by atoms with van der Waals surface area (Å²) in [4.78, 5) is 14.5. The molecule has 19 heavy (non-hydrogen) atoms. The fourth-order valence-electron chi connectivity index (χ4n) is 2.27. The number of furan rings is 1. The van der Waals surface area contributed by atoms with Gasteiger partial charge in [-0.05, 0) is 31.0 Å². The highest BCUT2D eigenvalue weighted by molar-refractivity contribution is 5.94. The number of rotatable bonds is 4. The predicted octanol–water partition coefficient (Wildman–Crippen LogP) is 2.01. The molecule has 5 nitrogen and oxygen atoms in total. The van der Waals surface area contributed by atoms with Crippen LogP contribution in [0.1, 0.15) is 29.1 Å². The summed E-state index contributed by atoms with van der Waals surface area (Å²) in [7, 11) is 1.83. The average Bonchev–Trinajstić information content (AvgIpc) is 2.97. The van der Waals surface area contributed by atoms with Gasteiger partial charge in [0.25, 0.3) is 5.91 Å². The quantitative estimate of drug-likeness (QED) is 0.913. The van der Waals surface area contributed by atoms with E-state index in [1.807, 2.05) is 24.1 Å². The Hall–Kier alpha value is -2.17. The number of aromatic nitrogens is 1. The van der Waals surface area contributed by atoms with E-state index in [4.69, 9.17) is 10.2 Å². The van der Waals surface area contributed by atoms with Crippen LogP contribution in [-0.2, 0) is 13.6 Å². The normalized spacial score (nSPS) is 14.6. The van der Waals surface area contributed by atoms with E-state index in [1.54, 1.807) is 23.1 Å². The first-order valence-corrected chi connectivity index (χ1v) is 6.40. The number of nitrogens with zero attached hydrogens (tertiary/aromatic N) is 2. The summed E-state index contributed by atoms with van der Waals surface area (Å²) in [5.74, 6) is 0.820. The standard InChI is InChI=1S/C14H17N3O2/c1-16-8-10(15)7-13(16)14(18)17(11-4-5-11)9-12-3-2-6-19-12/h2-3,6-8,11H,4-5,9,15H2,1H3. The molecule has 0 aliphatic heterocycles. The lowest BCUT2D eigenvalue weighted by Gasteiger charge is -2.21. The fraction of sp³-hybridized carbons (Fsp3) is 0.357. The fourth-order valence-corrected chi connectivity index (χ4v) is 2.27. The second kappa shape index (κ2) is 4.50. The second-order valence-corrected chi connectivity index (χ2v) is 5.01. The molecule has 100 valence electrons. The van der Waals surface area contributed by atoms with Crippen molar-refractivity contribution in [3.8, 4) is 0 Å². The second-order valence-electron chi connectivity index (χ2n) is 5.01. The first kappa shape index (κ1) is 11.9. The van der Waals surface area contributed by atoms with Gasteiger partial charge in [0.15, 0.2) is 0 Å². The Morgan fingerprint density at radius 1 is 1.58 bits per heavy atom. The van der Waals surface area contributed by atoms with Crippen LogP contribution in [-0.4, -0.2) is 21.4 Å². The van der Waals surface area contributed by atoms with Crippen LogP contribution in [0.15, 0.2) is 35.1 Å². The topological polar surface area (TPSA) is 64.4 Å². The first-order chi connectivity index (χ1) is 9.15. The van der Waals surface area contributed by atoms with Gasteiger partial charge in [0.05, 0.1) is 18.5 Å². The molecule has 0 spiro atoms. The first-order valence-electron chi connectivity index (χ1n) is 6.40. The number of hydrogen-bond donors (Lipinski definition) is 1. The van der Waals surface area contributed by atoms with Gasteiger partial charge in [-0.15, -0.1) is 0 Å². The molecule has 2 aromatic heterocycles. The van der Waals surface area contributed by atoms with E-state index < -0.39 is 0 Å². The molecule has 1 aliphatic carbocycles. The summed E-state index contributed by atoms with van der Waals surface area (Å²) in [6.45, 7) is 0.515. The van der Waals surface area contributed by atoms with E-state index >= 15 is 0 Å². The molecular weight excluding hydrogens is 242 g/mol. The van der Waals surface area contributed by atoms with E-state index in [2.05, 4.69) is 0 Å². The minimum atomic E-state index is 0.0121. The maximum atomic E-state index is 12.6. The molecule has 0 bridgehead atoms. The van der Waals surface area contributed by atoms with Crippen LogP contribution in [0.4, 0.5) is 5.69 Å². The van der Waals surface area contributed by atoms with Gasteiger partial charge >= 0.3 is 0 Å². The van der Waals surface area contributed by atoms with Crippen molar-refractivity contribution in [1.82, 2.24) is 9.47 Å². The van der Waals surface area contributed by atoms with E-state index in [-0.39, 0.29) is 5.91 Å². The summed E-state index contributed by atoms with van der Waals surface area (Å²) in [5.41, 5.74) is 6.97. The predicted molar refractivity (Wildman–Crippen MR) is 71.4 cm³/mol. The Kier molecular flexibility index (Phi) is 2.81. The Bertz CT molecular complexity index is 582. The molecule has 0 radical (unpaired) electrons. The molecule has 1 fully saturated rings. The van der Waals surface area contributed by atoms with Gasteiger partial charge in [-0.1, -0.05) is 0 Å². The van der Waals surface area contributed by atoms with Gasteiger partial charge in [0.1, 0.15) is 11.5 Å². The van der Waals surface area contributed by atoms with E-state index in [0.717, 1.165) is 18.6 Å². The summed E-state index contributed by atoms with van der Waals surface area (Å²) in [6, 6.07) is 5.78. The molecule has 0 aromatic carbocycles. The van der Waals surface area contributed by atoms with Crippen LogP contribution in [0.5, 0.6) is 0 Å². The van der Waals surface area contributed by atoms with Crippen LogP contribution in [0.3, 0.4) is 0 Å². The Morgan fingerprint density at radius 3 is 2.89 bits per heavy atom. The van der Waals surface area contributed by atoms with Crippen molar-refractivity contribution in [2.45, 2.75) is 25.4 Å². The molecule has 1 aliphatic rings. The molecule has 5 heteroatoms. The summed E-state index contributed by atoms with van der Waals surface area (Å²) < 4.78 is 7.11. The Balaban J connectivity index is 1.84. The third-order valence-electron chi connectivity index (χ3n) is 3.40. The highest BCUT2D eigenvalue weighted by atomic mass is 16.3. The molecule has 2 N–H and O–H groups in total. The third kappa shape index (κ3) is 2.36. The van der Waals surface area contributed by atoms with Crippen molar-refractivity contribution in [2.75, 3.05) is 5.73 Å². The number of hydrogen-bond acceptors (Lipinski definition) is 3. The number of nitrogens with two attached hydrogens (primary N) is 1. The lowest BCUT2D eigenvalue weighted by atomic mass is 10.3. The largest absolute Gasteiger partial charge is 0.467 e. The highest BCUT2D eigenvalue weighted by Gasteiger charge is 2.34. The molecule has 1 amide bonds. The van der Waals surface area contributed by atoms with Gasteiger partial charge in [-0.2, -0.15) is 0 Å². The zero-order chi connectivity index (χ0) is 13.4. The molecule has 2 aromatic rings. The summed E-state index contributed by atoms with van der Waals surface area (Å²) >= 11 is 0. The molecular formula is C14H17N3O2. The van der Waals surface area contributed by atoms with Gasteiger partial charge < -0.3 is 19.6 Å². The van der Waals surface area contributed by atoms with Gasteiger partial charge in [-0.3, -0.25) is 4.79 Å². The number of carbonyl (C=O) groups is 1. The number of carbonyl (C=O) groups excluding carboxylic acids is 1. The molecule has 0 atom stereocenters. The zero-order valence-electron chi connectivity index (χ0n) is 10.9. The van der Waals surface area contributed by atoms with Crippen LogP contribution in [0.25, 0.3) is 0 Å². The summed E-state index contributed by atoms with van der Waals surface area (Å²) in [6.07, 6.45) is 5.51. The SMILES string of the molecule is Cn1cc(N)cc1C(=O)N(Cc1ccco1)C1CC1. The number of anilines is 1.